The van der Waals surface area contributed by atoms with E-state index in [2.05, 4.69) is 60.8 Å². The number of hydrogen-bond donors (Lipinski definition) is 0. The van der Waals surface area contributed by atoms with Crippen LogP contribution < -0.4 is 0 Å². The summed E-state index contributed by atoms with van der Waals surface area (Å²) in [5.41, 5.74) is 4.58. The number of allylic oxidation sites excluding steroid dienone is 3. The molecule has 2 rings (SSSR count). The van der Waals surface area contributed by atoms with Crippen molar-refractivity contribution in [1.82, 2.24) is 14.4 Å². The SMILES string of the molecule is C=C(/C=C\C)N(C)C(=C)/C=C\c1ccc2n1CCN(C(C)C)CCC2. The van der Waals surface area contributed by atoms with Gasteiger partial charge in [-0.2, -0.15) is 0 Å². The van der Waals surface area contributed by atoms with Gasteiger partial charge >= 0.3 is 0 Å². The van der Waals surface area contributed by atoms with Crippen molar-refractivity contribution < 1.29 is 0 Å². The fourth-order valence-corrected chi connectivity index (χ4v) is 3.27. The molecular formula is C22H33N3. The molecule has 0 bridgehead atoms. The maximum absolute atomic E-state index is 4.17. The van der Waals surface area contributed by atoms with Crippen LogP contribution in [0.1, 0.15) is 38.6 Å². The van der Waals surface area contributed by atoms with Gasteiger partial charge in [0.2, 0.25) is 0 Å². The van der Waals surface area contributed by atoms with E-state index in [-0.39, 0.29) is 0 Å². The lowest BCUT2D eigenvalue weighted by molar-refractivity contribution is 0.203. The summed E-state index contributed by atoms with van der Waals surface area (Å²) >= 11 is 0. The quantitative estimate of drug-likeness (QED) is 0.696. The molecule has 3 heteroatoms. The van der Waals surface area contributed by atoms with Gasteiger partial charge in [-0.15, -0.1) is 0 Å². The second-order valence-corrected chi connectivity index (χ2v) is 7.01. The molecule has 0 atom stereocenters. The Kier molecular flexibility index (Phi) is 6.89. The van der Waals surface area contributed by atoms with Gasteiger partial charge in [0.15, 0.2) is 0 Å². The van der Waals surface area contributed by atoms with Crippen LogP contribution in [0.4, 0.5) is 0 Å². The average molecular weight is 340 g/mol. The van der Waals surface area contributed by atoms with E-state index < -0.39 is 0 Å². The van der Waals surface area contributed by atoms with E-state index in [0.29, 0.717) is 6.04 Å². The summed E-state index contributed by atoms with van der Waals surface area (Å²) in [6.07, 6.45) is 10.6. The predicted octanol–water partition coefficient (Wildman–Crippen LogP) is 4.69. The Labute approximate surface area is 153 Å². The summed E-state index contributed by atoms with van der Waals surface area (Å²) in [6.45, 7) is 18.2. The minimum atomic E-state index is 0.613. The van der Waals surface area contributed by atoms with Gasteiger partial charge in [-0.25, -0.2) is 0 Å². The van der Waals surface area contributed by atoms with E-state index in [1.165, 1.54) is 24.4 Å². The second-order valence-electron chi connectivity index (χ2n) is 7.01. The molecule has 25 heavy (non-hydrogen) atoms. The molecule has 0 fully saturated rings. The van der Waals surface area contributed by atoms with Crippen LogP contribution in [0.25, 0.3) is 6.08 Å². The monoisotopic (exact) mass is 339 g/mol. The van der Waals surface area contributed by atoms with Crippen LogP contribution in [0.2, 0.25) is 0 Å². The zero-order valence-corrected chi connectivity index (χ0v) is 16.3. The molecule has 136 valence electrons. The molecule has 1 aliphatic heterocycles. The highest BCUT2D eigenvalue weighted by Gasteiger charge is 2.15. The summed E-state index contributed by atoms with van der Waals surface area (Å²) in [4.78, 5) is 4.58. The standard InChI is InChI=1S/C22H33N3/c1-7-9-19(4)23(6)20(5)11-12-22-14-13-21-10-8-15-24(18(2)3)16-17-25(21)22/h7,9,11-14,18H,4-5,8,10,15-17H2,1-3,6H3/b9-7-,12-11-. The summed E-state index contributed by atoms with van der Waals surface area (Å²) in [5, 5.41) is 0. The molecular weight excluding hydrogens is 306 g/mol. The lowest BCUT2D eigenvalue weighted by Gasteiger charge is -2.29. The van der Waals surface area contributed by atoms with Gasteiger partial charge in [-0.1, -0.05) is 19.2 Å². The molecule has 0 radical (unpaired) electrons. The van der Waals surface area contributed by atoms with Crippen molar-refractivity contribution in [3.05, 3.63) is 66.3 Å². The number of aryl methyl sites for hydroxylation is 1. The summed E-state index contributed by atoms with van der Waals surface area (Å²) in [5.74, 6) is 0. The molecule has 0 amide bonds. The third-order valence-electron chi connectivity index (χ3n) is 4.99. The molecule has 3 nitrogen and oxygen atoms in total. The van der Waals surface area contributed by atoms with Crippen LogP contribution in [-0.4, -0.2) is 40.5 Å². The van der Waals surface area contributed by atoms with Crippen molar-refractivity contribution in [1.29, 1.82) is 0 Å². The second kappa shape index (κ2) is 8.91. The van der Waals surface area contributed by atoms with Crippen LogP contribution in [0.5, 0.6) is 0 Å². The number of fused-ring (bicyclic) bond motifs is 1. The summed E-state index contributed by atoms with van der Waals surface area (Å²) < 4.78 is 2.46. The maximum atomic E-state index is 4.17. The molecule has 0 aromatic carbocycles. The first-order valence-corrected chi connectivity index (χ1v) is 9.28. The third kappa shape index (κ3) is 4.99. The molecule has 0 saturated heterocycles. The lowest BCUT2D eigenvalue weighted by Crippen LogP contribution is -2.36. The van der Waals surface area contributed by atoms with Gasteiger partial charge in [0.25, 0.3) is 0 Å². The van der Waals surface area contributed by atoms with Crippen LogP contribution in [0.3, 0.4) is 0 Å². The fourth-order valence-electron chi connectivity index (χ4n) is 3.27. The third-order valence-corrected chi connectivity index (χ3v) is 4.99. The van der Waals surface area contributed by atoms with Gasteiger partial charge < -0.3 is 9.47 Å². The zero-order chi connectivity index (χ0) is 18.4. The Morgan fingerprint density at radius 1 is 1.12 bits per heavy atom. The van der Waals surface area contributed by atoms with Crippen molar-refractivity contribution in [3.8, 4) is 0 Å². The predicted molar refractivity (Wildman–Crippen MR) is 109 cm³/mol. The van der Waals surface area contributed by atoms with E-state index >= 15 is 0 Å². The first-order chi connectivity index (χ1) is 11.9. The van der Waals surface area contributed by atoms with Crippen molar-refractivity contribution in [3.63, 3.8) is 0 Å². The van der Waals surface area contributed by atoms with Crippen LogP contribution in [-0.2, 0) is 13.0 Å². The number of likely N-dealkylation sites (N-methyl/N-ethyl adjacent to an activating group) is 1. The number of aromatic nitrogens is 1. The largest absolute Gasteiger partial charge is 0.346 e. The smallest absolute Gasteiger partial charge is 0.0410 e. The van der Waals surface area contributed by atoms with Crippen molar-refractivity contribution in [2.75, 3.05) is 20.1 Å². The molecule has 1 aromatic heterocycles. The summed E-state index contributed by atoms with van der Waals surface area (Å²) in [6, 6.07) is 5.11. The normalized spacial score (nSPS) is 16.2. The minimum absolute atomic E-state index is 0.613. The molecule has 1 aromatic rings. The number of hydrogen-bond acceptors (Lipinski definition) is 2. The Balaban J connectivity index is 2.11. The van der Waals surface area contributed by atoms with Gasteiger partial charge in [0.05, 0.1) is 0 Å². The Bertz CT molecular complexity index is 661. The number of nitrogens with zero attached hydrogens (tertiary/aromatic N) is 3. The topological polar surface area (TPSA) is 11.4 Å². The van der Waals surface area contributed by atoms with Crippen molar-refractivity contribution in [2.24, 2.45) is 0 Å². The lowest BCUT2D eigenvalue weighted by atomic mass is 10.2. The summed E-state index contributed by atoms with van der Waals surface area (Å²) in [7, 11) is 2.00. The zero-order valence-electron chi connectivity index (χ0n) is 16.3. The van der Waals surface area contributed by atoms with Gasteiger partial charge in [0.1, 0.15) is 0 Å². The molecule has 0 aliphatic carbocycles. The van der Waals surface area contributed by atoms with Crippen LogP contribution in [0, 0.1) is 0 Å². The van der Waals surface area contributed by atoms with E-state index in [1.54, 1.807) is 0 Å². The van der Waals surface area contributed by atoms with E-state index in [9.17, 15) is 0 Å². The molecule has 2 heterocycles. The molecule has 0 saturated carbocycles. The molecule has 0 spiro atoms. The van der Waals surface area contributed by atoms with Gasteiger partial charge in [-0.05, 0) is 70.5 Å². The van der Waals surface area contributed by atoms with E-state index in [0.717, 1.165) is 30.9 Å². The molecule has 0 unspecified atom stereocenters. The van der Waals surface area contributed by atoms with Crippen LogP contribution >= 0.6 is 0 Å². The van der Waals surface area contributed by atoms with Gasteiger partial charge in [0, 0.05) is 49.0 Å². The Morgan fingerprint density at radius 2 is 1.84 bits per heavy atom. The Hall–Kier alpha value is -2.00. The van der Waals surface area contributed by atoms with Crippen molar-refractivity contribution in [2.45, 2.75) is 46.2 Å². The highest BCUT2D eigenvalue weighted by atomic mass is 15.2. The van der Waals surface area contributed by atoms with Crippen molar-refractivity contribution >= 4 is 6.08 Å². The van der Waals surface area contributed by atoms with E-state index in [4.69, 9.17) is 0 Å². The molecule has 1 aliphatic rings. The fraction of sp³-hybridized carbons (Fsp3) is 0.455. The highest BCUT2D eigenvalue weighted by molar-refractivity contribution is 5.51. The van der Waals surface area contributed by atoms with Gasteiger partial charge in [-0.3, -0.25) is 4.90 Å². The maximum Gasteiger partial charge on any atom is 0.0410 e. The highest BCUT2D eigenvalue weighted by Crippen LogP contribution is 2.18. The first-order valence-electron chi connectivity index (χ1n) is 9.28. The average Bonchev–Trinajstić information content (AvgIpc) is 2.92. The number of rotatable bonds is 6. The first kappa shape index (κ1) is 19.3. The minimum Gasteiger partial charge on any atom is -0.346 e. The Morgan fingerprint density at radius 3 is 2.52 bits per heavy atom. The molecule has 0 N–H and O–H groups in total. The van der Waals surface area contributed by atoms with Crippen LogP contribution in [0.15, 0.2) is 54.9 Å². The van der Waals surface area contributed by atoms with E-state index in [1.807, 2.05) is 31.0 Å².